The van der Waals surface area contributed by atoms with Crippen molar-refractivity contribution in [2.45, 2.75) is 43.3 Å². The van der Waals surface area contributed by atoms with Gasteiger partial charge in [-0.3, -0.25) is 9.78 Å². The summed E-state index contributed by atoms with van der Waals surface area (Å²) in [4.78, 5) is 20.9. The number of nitrogens with zero attached hydrogens (tertiary/aromatic N) is 6. The van der Waals surface area contributed by atoms with Crippen LogP contribution in [0.3, 0.4) is 0 Å². The van der Waals surface area contributed by atoms with E-state index in [1.807, 2.05) is 0 Å². The van der Waals surface area contributed by atoms with Gasteiger partial charge in [-0.05, 0) is 43.5 Å². The smallest absolute Gasteiger partial charge is 0.294 e. The van der Waals surface area contributed by atoms with Crippen LogP contribution < -0.4 is 0 Å². The first-order valence-corrected chi connectivity index (χ1v) is 13.1. The van der Waals surface area contributed by atoms with Crippen LogP contribution in [0.4, 0.5) is 26.3 Å². The van der Waals surface area contributed by atoms with Gasteiger partial charge in [0.1, 0.15) is 5.41 Å². The Labute approximate surface area is 224 Å². The van der Waals surface area contributed by atoms with E-state index in [-0.39, 0.29) is 42.1 Å². The summed E-state index contributed by atoms with van der Waals surface area (Å²) in [6.07, 6.45) is -1.78. The lowest BCUT2D eigenvalue weighted by atomic mass is 9.77. The summed E-state index contributed by atoms with van der Waals surface area (Å²) in [5.41, 5.74) is -6.40. The highest BCUT2D eigenvalue weighted by molar-refractivity contribution is 7.90. The summed E-state index contributed by atoms with van der Waals surface area (Å²) in [5.74, 6) is -0.280. The fourth-order valence-electron chi connectivity index (χ4n) is 4.37. The number of aromatic nitrogens is 4. The number of alkyl halides is 6. The second-order valence-corrected chi connectivity index (χ2v) is 11.1. The molecule has 212 valence electrons. The van der Waals surface area contributed by atoms with Gasteiger partial charge in [0.2, 0.25) is 0 Å². The van der Waals surface area contributed by atoms with Crippen molar-refractivity contribution in [3.8, 4) is 11.9 Å². The summed E-state index contributed by atoms with van der Waals surface area (Å²) < 4.78 is 102. The molecule has 3 aromatic heterocycles. The molecule has 1 fully saturated rings. The highest BCUT2D eigenvalue weighted by Gasteiger charge is 2.52. The Morgan fingerprint density at radius 3 is 2.20 bits per heavy atom. The van der Waals surface area contributed by atoms with Crippen molar-refractivity contribution in [2.24, 2.45) is 0 Å². The van der Waals surface area contributed by atoms with Gasteiger partial charge in [0.05, 0.1) is 34.8 Å². The molecule has 0 radical (unpaired) electrons. The molecule has 0 bridgehead atoms. The minimum absolute atomic E-state index is 0.0893. The number of pyridine rings is 2. The lowest BCUT2D eigenvalue weighted by Gasteiger charge is -2.36. The summed E-state index contributed by atoms with van der Waals surface area (Å²) in [7, 11) is -5.50. The lowest BCUT2D eigenvalue weighted by molar-refractivity contribution is -0.137. The number of Topliss-reactive ketones (excluding diaryl/α,β-unsaturated/α-hetero) is 1. The van der Waals surface area contributed by atoms with Crippen LogP contribution in [0.2, 0.25) is 0 Å². The standard InChI is InChI=1S/C24H20F6N6O3S/c1-15-18(13-34-36(15)21-5-3-17(12-33-21)23(25,26)27)19(37)10-16-2-4-20(32-11-16)22(14-31)6-8-35(9-7-22)40(38,39)24(28,29)30/h2-5,11-13H,6-10H2,1H3. The summed E-state index contributed by atoms with van der Waals surface area (Å²) >= 11 is 0. The maximum atomic E-state index is 12.9. The number of hydrogen-bond donors (Lipinski definition) is 0. The summed E-state index contributed by atoms with van der Waals surface area (Å²) in [5, 5.41) is 13.8. The Balaban J connectivity index is 1.46. The SMILES string of the molecule is Cc1c(C(=O)Cc2ccc(C3(C#N)CCN(S(=O)(=O)C(F)(F)F)CC3)nc2)cnn1-c1ccc(C(F)(F)F)cn1. The zero-order valence-electron chi connectivity index (χ0n) is 20.7. The fourth-order valence-corrected chi connectivity index (χ4v) is 5.32. The van der Waals surface area contributed by atoms with Crippen molar-refractivity contribution < 1.29 is 39.6 Å². The quantitative estimate of drug-likeness (QED) is 0.315. The zero-order valence-corrected chi connectivity index (χ0v) is 21.5. The molecular formula is C24H20F6N6O3S. The Morgan fingerprint density at radius 1 is 1.02 bits per heavy atom. The van der Waals surface area contributed by atoms with E-state index in [9.17, 15) is 44.8 Å². The summed E-state index contributed by atoms with van der Waals surface area (Å²) in [6, 6.07) is 7.05. The second-order valence-electron chi connectivity index (χ2n) is 9.15. The molecule has 0 amide bonds. The maximum absolute atomic E-state index is 12.9. The number of carbonyl (C=O) groups is 1. The van der Waals surface area contributed by atoms with Crippen molar-refractivity contribution in [1.29, 1.82) is 5.26 Å². The van der Waals surface area contributed by atoms with E-state index in [0.29, 0.717) is 21.8 Å². The molecule has 1 aliphatic rings. The minimum atomic E-state index is -5.50. The van der Waals surface area contributed by atoms with E-state index in [0.717, 1.165) is 12.1 Å². The molecule has 0 spiro atoms. The van der Waals surface area contributed by atoms with E-state index in [1.165, 1.54) is 29.2 Å². The third-order valence-electron chi connectivity index (χ3n) is 6.70. The Kier molecular flexibility index (Phi) is 7.50. The topological polar surface area (TPSA) is 122 Å². The molecule has 0 atom stereocenters. The molecule has 4 rings (SSSR count). The number of rotatable bonds is 6. The molecule has 16 heteroatoms. The molecule has 3 aromatic rings. The van der Waals surface area contributed by atoms with Crippen LogP contribution in [0, 0.1) is 18.3 Å². The first kappa shape index (κ1) is 29.2. The van der Waals surface area contributed by atoms with E-state index >= 15 is 0 Å². The van der Waals surface area contributed by atoms with Gasteiger partial charge in [-0.15, -0.1) is 0 Å². The monoisotopic (exact) mass is 586 g/mol. The normalized spacial score (nSPS) is 16.4. The van der Waals surface area contributed by atoms with Gasteiger partial charge in [0.15, 0.2) is 11.6 Å². The van der Waals surface area contributed by atoms with E-state index in [2.05, 4.69) is 21.1 Å². The molecule has 0 aromatic carbocycles. The average Bonchev–Trinajstić information content (AvgIpc) is 3.29. The van der Waals surface area contributed by atoms with Crippen LogP contribution in [-0.2, 0) is 28.0 Å². The minimum Gasteiger partial charge on any atom is -0.294 e. The largest absolute Gasteiger partial charge is 0.511 e. The van der Waals surface area contributed by atoms with E-state index in [1.54, 1.807) is 6.92 Å². The molecule has 9 nitrogen and oxygen atoms in total. The summed E-state index contributed by atoms with van der Waals surface area (Å²) in [6.45, 7) is 0.547. The number of nitriles is 1. The molecule has 1 saturated heterocycles. The van der Waals surface area contributed by atoms with E-state index in [4.69, 9.17) is 0 Å². The van der Waals surface area contributed by atoms with Crippen LogP contribution in [-0.4, -0.2) is 56.9 Å². The fraction of sp³-hybridized carbons (Fsp3) is 0.375. The van der Waals surface area contributed by atoms with Crippen LogP contribution in [0.25, 0.3) is 5.82 Å². The van der Waals surface area contributed by atoms with Crippen molar-refractivity contribution in [3.63, 3.8) is 0 Å². The molecule has 0 saturated carbocycles. The molecule has 0 unspecified atom stereocenters. The Bertz CT molecular complexity index is 1550. The zero-order chi connectivity index (χ0) is 29.5. The van der Waals surface area contributed by atoms with Gasteiger partial charge >= 0.3 is 21.7 Å². The average molecular weight is 587 g/mol. The number of sulfonamides is 1. The predicted molar refractivity (Wildman–Crippen MR) is 126 cm³/mol. The molecule has 40 heavy (non-hydrogen) atoms. The highest BCUT2D eigenvalue weighted by Crippen LogP contribution is 2.37. The number of halogens is 6. The number of piperidine rings is 1. The molecule has 1 aliphatic heterocycles. The van der Waals surface area contributed by atoms with Gasteiger partial charge < -0.3 is 0 Å². The van der Waals surface area contributed by atoms with Gasteiger partial charge in [-0.25, -0.2) is 18.1 Å². The molecule has 4 heterocycles. The third-order valence-corrected chi connectivity index (χ3v) is 8.33. The highest BCUT2D eigenvalue weighted by atomic mass is 32.2. The van der Waals surface area contributed by atoms with Crippen molar-refractivity contribution in [3.05, 3.63) is 70.9 Å². The van der Waals surface area contributed by atoms with Gasteiger partial charge in [0, 0.05) is 31.9 Å². The lowest BCUT2D eigenvalue weighted by Crippen LogP contribution is -2.48. The van der Waals surface area contributed by atoms with Crippen molar-refractivity contribution in [2.75, 3.05) is 13.1 Å². The first-order valence-electron chi connectivity index (χ1n) is 11.6. The number of hydrogen-bond acceptors (Lipinski definition) is 7. The first-order chi connectivity index (χ1) is 18.6. The van der Waals surface area contributed by atoms with Gasteiger partial charge in [-0.1, -0.05) is 6.07 Å². The van der Waals surface area contributed by atoms with Crippen LogP contribution in [0.5, 0.6) is 0 Å². The Morgan fingerprint density at radius 2 is 1.70 bits per heavy atom. The van der Waals surface area contributed by atoms with Crippen molar-refractivity contribution in [1.82, 2.24) is 24.1 Å². The Hall–Kier alpha value is -3.84. The molecule has 0 aliphatic carbocycles. The third kappa shape index (κ3) is 5.43. The molecular weight excluding hydrogens is 566 g/mol. The van der Waals surface area contributed by atoms with Gasteiger partial charge in [-0.2, -0.15) is 41.0 Å². The van der Waals surface area contributed by atoms with Crippen LogP contribution >= 0.6 is 0 Å². The second kappa shape index (κ2) is 10.3. The number of ketones is 1. The van der Waals surface area contributed by atoms with E-state index < -0.39 is 45.8 Å². The van der Waals surface area contributed by atoms with Gasteiger partial charge in [0.25, 0.3) is 0 Å². The maximum Gasteiger partial charge on any atom is 0.511 e. The molecule has 0 N–H and O–H groups in total. The predicted octanol–water partition coefficient (Wildman–Crippen LogP) is 4.12. The van der Waals surface area contributed by atoms with Crippen LogP contribution in [0.1, 0.15) is 45.7 Å². The van der Waals surface area contributed by atoms with Crippen molar-refractivity contribution >= 4 is 15.8 Å². The van der Waals surface area contributed by atoms with Crippen LogP contribution in [0.15, 0.2) is 42.9 Å². The number of carbonyl (C=O) groups excluding carboxylic acids is 1.